The Kier molecular flexibility index (Phi) is 8.27. The Hall–Kier alpha value is -3.13. The molecule has 1 N–H and O–H groups in total. The molecule has 2 aromatic heterocycles. The molecule has 0 aliphatic rings. The first kappa shape index (κ1) is 24.5. The quantitative estimate of drug-likeness (QED) is 0.434. The summed E-state index contributed by atoms with van der Waals surface area (Å²) in [6.45, 7) is 9.40. The van der Waals surface area contributed by atoms with E-state index < -0.39 is 5.97 Å². The van der Waals surface area contributed by atoms with Crippen molar-refractivity contribution < 1.29 is 19.1 Å². The molecule has 0 saturated carbocycles. The lowest BCUT2D eigenvalue weighted by molar-refractivity contribution is 0.0526. The maximum Gasteiger partial charge on any atom is 0.367 e. The minimum Gasteiger partial charge on any atom is -0.497 e. The van der Waals surface area contributed by atoms with Crippen LogP contribution in [0.5, 0.6) is 5.75 Å². The zero-order valence-electron chi connectivity index (χ0n) is 19.8. The average Bonchev–Trinajstić information content (AvgIpc) is 3.41. The van der Waals surface area contributed by atoms with E-state index >= 15 is 0 Å². The molecule has 2 heterocycles. The molecule has 33 heavy (non-hydrogen) atoms. The fourth-order valence-electron chi connectivity index (χ4n) is 3.48. The van der Waals surface area contributed by atoms with Crippen LogP contribution in [0.2, 0.25) is 0 Å². The fourth-order valence-corrected chi connectivity index (χ4v) is 4.18. The second kappa shape index (κ2) is 11.1. The highest BCUT2D eigenvalue weighted by Crippen LogP contribution is 2.28. The van der Waals surface area contributed by atoms with Gasteiger partial charge in [0.15, 0.2) is 0 Å². The van der Waals surface area contributed by atoms with Crippen molar-refractivity contribution in [1.29, 1.82) is 0 Å². The van der Waals surface area contributed by atoms with Crippen LogP contribution in [0.3, 0.4) is 0 Å². The molecule has 0 saturated heterocycles. The van der Waals surface area contributed by atoms with Gasteiger partial charge in [-0.25, -0.2) is 9.78 Å². The number of carbonyl (C=O) groups is 2. The molecule has 0 spiro atoms. The normalized spacial score (nSPS) is 11.0. The summed E-state index contributed by atoms with van der Waals surface area (Å²) in [5.74, 6) is 0.634. The van der Waals surface area contributed by atoms with E-state index in [0.717, 1.165) is 29.1 Å². The van der Waals surface area contributed by atoms with Crippen LogP contribution < -0.4 is 10.1 Å². The molecular weight excluding hydrogens is 438 g/mol. The van der Waals surface area contributed by atoms with Crippen LogP contribution in [-0.2, 0) is 17.7 Å². The molecule has 8 heteroatoms. The van der Waals surface area contributed by atoms with Crippen LogP contribution >= 0.6 is 11.3 Å². The van der Waals surface area contributed by atoms with Gasteiger partial charge in [-0.15, -0.1) is 11.3 Å². The molecule has 0 unspecified atom stereocenters. The van der Waals surface area contributed by atoms with Crippen LogP contribution in [0, 0.1) is 12.8 Å². The molecule has 3 rings (SSSR count). The number of rotatable bonds is 10. The van der Waals surface area contributed by atoms with Crippen LogP contribution in [0.15, 0.2) is 35.7 Å². The van der Waals surface area contributed by atoms with E-state index in [2.05, 4.69) is 28.7 Å². The Morgan fingerprint density at radius 3 is 2.58 bits per heavy atom. The molecule has 3 aromatic rings. The van der Waals surface area contributed by atoms with E-state index in [1.165, 1.54) is 11.3 Å². The number of aromatic nitrogens is 2. The number of thiazole rings is 1. The minimum absolute atomic E-state index is 0.105. The molecule has 0 bridgehead atoms. The molecule has 7 nitrogen and oxygen atoms in total. The van der Waals surface area contributed by atoms with E-state index in [4.69, 9.17) is 9.47 Å². The lowest BCUT2D eigenvalue weighted by atomic mass is 10.1. The Morgan fingerprint density at radius 1 is 1.21 bits per heavy atom. The number of amides is 1. The largest absolute Gasteiger partial charge is 0.497 e. The van der Waals surface area contributed by atoms with Crippen molar-refractivity contribution in [2.24, 2.45) is 5.92 Å². The van der Waals surface area contributed by atoms with Gasteiger partial charge in [-0.1, -0.05) is 26.0 Å². The molecule has 0 aliphatic carbocycles. The summed E-state index contributed by atoms with van der Waals surface area (Å²) in [4.78, 5) is 29.5. The third-order valence-corrected chi connectivity index (χ3v) is 6.10. The van der Waals surface area contributed by atoms with E-state index in [0.29, 0.717) is 41.9 Å². The van der Waals surface area contributed by atoms with Gasteiger partial charge >= 0.3 is 5.97 Å². The van der Waals surface area contributed by atoms with Gasteiger partial charge < -0.3 is 19.4 Å². The minimum atomic E-state index is -0.434. The third kappa shape index (κ3) is 6.01. The van der Waals surface area contributed by atoms with Crippen LogP contribution in [-0.4, -0.2) is 41.7 Å². The van der Waals surface area contributed by atoms with Crippen molar-refractivity contribution in [3.05, 3.63) is 57.5 Å². The fraction of sp³-hybridized carbons (Fsp3) is 0.400. The number of aryl methyl sites for hydroxylation is 1. The molecule has 1 amide bonds. The van der Waals surface area contributed by atoms with E-state index in [1.807, 2.05) is 42.6 Å². The van der Waals surface area contributed by atoms with Gasteiger partial charge in [0.05, 0.1) is 30.7 Å². The maximum absolute atomic E-state index is 12.9. The predicted molar refractivity (Wildman–Crippen MR) is 130 cm³/mol. The average molecular weight is 470 g/mol. The monoisotopic (exact) mass is 469 g/mol. The number of nitrogens with one attached hydrogen (secondary N) is 1. The molecular formula is C25H31N3O4S. The van der Waals surface area contributed by atoms with Gasteiger partial charge in [-0.2, -0.15) is 0 Å². The van der Waals surface area contributed by atoms with Crippen molar-refractivity contribution in [2.45, 2.75) is 40.7 Å². The standard InChI is InChI=1S/C25H31N3O4S/c1-6-32-25(30)24-27-21(15-33-24)22-13-20(23(29)26-14-16(2)3)17(4)28(22)12-11-18-7-9-19(31-5)10-8-18/h7-10,13,15-16H,6,11-12,14H2,1-5H3,(H,26,29). The Morgan fingerprint density at radius 2 is 1.94 bits per heavy atom. The van der Waals surface area contributed by atoms with Crippen molar-refractivity contribution in [1.82, 2.24) is 14.9 Å². The van der Waals surface area contributed by atoms with Gasteiger partial charge in [-0.3, -0.25) is 4.79 Å². The van der Waals surface area contributed by atoms with Gasteiger partial charge in [0, 0.05) is 24.2 Å². The third-order valence-electron chi connectivity index (χ3n) is 5.28. The van der Waals surface area contributed by atoms with E-state index in [1.54, 1.807) is 14.0 Å². The number of esters is 1. The lowest BCUT2D eigenvalue weighted by Crippen LogP contribution is -2.27. The first-order valence-electron chi connectivity index (χ1n) is 11.1. The SMILES string of the molecule is CCOC(=O)c1nc(-c2cc(C(=O)NCC(C)C)c(C)n2CCc2ccc(OC)cc2)cs1. The first-order valence-corrected chi connectivity index (χ1v) is 12.0. The Labute approximate surface area is 198 Å². The summed E-state index contributed by atoms with van der Waals surface area (Å²) in [5, 5.41) is 5.14. The maximum atomic E-state index is 12.9. The Balaban J connectivity index is 1.92. The van der Waals surface area contributed by atoms with Gasteiger partial charge in [0.2, 0.25) is 5.01 Å². The highest BCUT2D eigenvalue weighted by Gasteiger charge is 2.21. The van der Waals surface area contributed by atoms with Crippen LogP contribution in [0.1, 0.15) is 52.2 Å². The molecule has 176 valence electrons. The zero-order chi connectivity index (χ0) is 24.0. The van der Waals surface area contributed by atoms with Crippen molar-refractivity contribution >= 4 is 23.2 Å². The van der Waals surface area contributed by atoms with Crippen molar-refractivity contribution in [3.8, 4) is 17.1 Å². The highest BCUT2D eigenvalue weighted by atomic mass is 32.1. The summed E-state index contributed by atoms with van der Waals surface area (Å²) >= 11 is 1.24. The molecule has 0 aliphatic heterocycles. The van der Waals surface area contributed by atoms with Crippen LogP contribution in [0.4, 0.5) is 0 Å². The smallest absolute Gasteiger partial charge is 0.367 e. The van der Waals surface area contributed by atoms with E-state index in [9.17, 15) is 9.59 Å². The second-order valence-corrected chi connectivity index (χ2v) is 9.00. The van der Waals surface area contributed by atoms with E-state index in [-0.39, 0.29) is 5.91 Å². The molecule has 0 fully saturated rings. The number of ether oxygens (including phenoxy) is 2. The summed E-state index contributed by atoms with van der Waals surface area (Å²) in [6.07, 6.45) is 0.772. The first-order chi connectivity index (χ1) is 15.8. The summed E-state index contributed by atoms with van der Waals surface area (Å²) in [6, 6.07) is 9.82. The van der Waals surface area contributed by atoms with Gasteiger partial charge in [0.1, 0.15) is 5.75 Å². The Bertz CT molecular complexity index is 1100. The number of hydrogen-bond donors (Lipinski definition) is 1. The number of methoxy groups -OCH3 is 1. The number of benzene rings is 1. The predicted octanol–water partition coefficient (Wildman–Crippen LogP) is 4.73. The second-order valence-electron chi connectivity index (χ2n) is 8.14. The topological polar surface area (TPSA) is 82.5 Å². The lowest BCUT2D eigenvalue weighted by Gasteiger charge is -2.12. The number of carbonyl (C=O) groups excluding carboxylic acids is 2. The zero-order valence-corrected chi connectivity index (χ0v) is 20.6. The number of nitrogens with zero attached hydrogens (tertiary/aromatic N) is 2. The summed E-state index contributed by atoms with van der Waals surface area (Å²) < 4.78 is 12.4. The summed E-state index contributed by atoms with van der Waals surface area (Å²) in [5.41, 5.74) is 4.11. The highest BCUT2D eigenvalue weighted by molar-refractivity contribution is 7.11. The van der Waals surface area contributed by atoms with Crippen molar-refractivity contribution in [3.63, 3.8) is 0 Å². The summed E-state index contributed by atoms with van der Waals surface area (Å²) in [7, 11) is 1.65. The molecule has 1 aromatic carbocycles. The van der Waals surface area contributed by atoms with Crippen LogP contribution in [0.25, 0.3) is 11.4 Å². The van der Waals surface area contributed by atoms with Gasteiger partial charge in [-0.05, 0) is 49.9 Å². The number of hydrogen-bond acceptors (Lipinski definition) is 6. The molecule has 0 radical (unpaired) electrons. The van der Waals surface area contributed by atoms with Crippen molar-refractivity contribution in [2.75, 3.05) is 20.3 Å². The van der Waals surface area contributed by atoms with Gasteiger partial charge in [0.25, 0.3) is 5.91 Å². The molecule has 0 atom stereocenters.